The highest BCUT2D eigenvalue weighted by Crippen LogP contribution is 2.23. The fourth-order valence-corrected chi connectivity index (χ4v) is 2.53. The van der Waals surface area contributed by atoms with Gasteiger partial charge in [-0.25, -0.2) is 4.39 Å². The Morgan fingerprint density at radius 1 is 1.52 bits per heavy atom. The molecule has 1 unspecified atom stereocenters. The topological polar surface area (TPSA) is 58.6 Å². The molecule has 1 N–H and O–H groups in total. The molecule has 0 radical (unpaired) electrons. The molecule has 5 nitrogen and oxygen atoms in total. The molecule has 7 heteroatoms. The molecule has 21 heavy (non-hydrogen) atoms. The minimum absolute atomic E-state index is 0.150. The van der Waals surface area contributed by atoms with E-state index in [1.165, 1.54) is 19.2 Å². The smallest absolute Gasteiger partial charge is 0.310 e. The van der Waals surface area contributed by atoms with Crippen LogP contribution in [0.3, 0.4) is 0 Å². The molecule has 1 aliphatic heterocycles. The van der Waals surface area contributed by atoms with E-state index >= 15 is 0 Å². The number of nitrogens with one attached hydrogen (secondary N) is 1. The lowest BCUT2D eigenvalue weighted by Crippen LogP contribution is -2.32. The van der Waals surface area contributed by atoms with Crippen molar-refractivity contribution in [1.82, 2.24) is 4.90 Å². The molecule has 1 heterocycles. The molecule has 0 bridgehead atoms. The van der Waals surface area contributed by atoms with E-state index in [1.807, 2.05) is 4.90 Å². The van der Waals surface area contributed by atoms with Crippen LogP contribution in [0.5, 0.6) is 0 Å². The zero-order valence-corrected chi connectivity index (χ0v) is 12.3. The van der Waals surface area contributed by atoms with Gasteiger partial charge in [0.05, 0.1) is 30.3 Å². The van der Waals surface area contributed by atoms with E-state index < -0.39 is 5.82 Å². The average molecular weight is 315 g/mol. The maximum atomic E-state index is 12.9. The van der Waals surface area contributed by atoms with Gasteiger partial charge in [-0.15, -0.1) is 0 Å². The third-order valence-electron chi connectivity index (χ3n) is 3.38. The molecule has 0 spiro atoms. The Labute approximate surface area is 127 Å². The van der Waals surface area contributed by atoms with Crippen LogP contribution in [0.25, 0.3) is 0 Å². The number of likely N-dealkylation sites (tertiary alicyclic amines) is 1. The number of ether oxygens (including phenoxy) is 1. The average Bonchev–Trinajstić information content (AvgIpc) is 2.89. The molecular formula is C14H16ClFN2O3. The summed E-state index contributed by atoms with van der Waals surface area (Å²) < 4.78 is 17.6. The molecule has 114 valence electrons. The third kappa shape index (κ3) is 4.15. The number of hydrogen-bond donors (Lipinski definition) is 1. The first kappa shape index (κ1) is 15.7. The van der Waals surface area contributed by atoms with Gasteiger partial charge in [0.1, 0.15) is 5.82 Å². The Morgan fingerprint density at radius 3 is 2.95 bits per heavy atom. The molecule has 1 amide bonds. The van der Waals surface area contributed by atoms with Crippen molar-refractivity contribution < 1.29 is 18.7 Å². The Bertz CT molecular complexity index is 553. The number of halogens is 2. The van der Waals surface area contributed by atoms with Crippen LogP contribution in [-0.4, -0.2) is 43.5 Å². The third-order valence-corrected chi connectivity index (χ3v) is 3.69. The highest BCUT2D eigenvalue weighted by molar-refractivity contribution is 6.33. The number of methoxy groups -OCH3 is 1. The lowest BCUT2D eigenvalue weighted by Gasteiger charge is -2.15. The van der Waals surface area contributed by atoms with Crippen LogP contribution in [0, 0.1) is 11.7 Å². The standard InChI is InChI=1S/C14H16ClFN2O3/c1-21-14(20)9-4-5-18(7-9)8-13(19)17-12-3-2-10(16)6-11(12)15/h2-3,6,9H,4-5,7-8H2,1H3,(H,17,19). The van der Waals surface area contributed by atoms with Crippen molar-refractivity contribution in [3.05, 3.63) is 29.0 Å². The van der Waals surface area contributed by atoms with Crippen LogP contribution in [0.15, 0.2) is 18.2 Å². The van der Waals surface area contributed by atoms with E-state index in [-0.39, 0.29) is 29.4 Å². The van der Waals surface area contributed by atoms with Crippen LogP contribution in [0.1, 0.15) is 6.42 Å². The van der Waals surface area contributed by atoms with Gasteiger partial charge >= 0.3 is 5.97 Å². The number of carbonyl (C=O) groups excluding carboxylic acids is 2. The highest BCUT2D eigenvalue weighted by atomic mass is 35.5. The quantitative estimate of drug-likeness (QED) is 0.863. The Hall–Kier alpha value is -1.66. The summed E-state index contributed by atoms with van der Waals surface area (Å²) in [6.45, 7) is 1.31. The normalized spacial score (nSPS) is 18.5. The number of amides is 1. The predicted octanol–water partition coefficient (Wildman–Crippen LogP) is 1.91. The largest absolute Gasteiger partial charge is 0.469 e. The van der Waals surface area contributed by atoms with Gasteiger partial charge in [0.25, 0.3) is 0 Å². The van der Waals surface area contributed by atoms with Gasteiger partial charge < -0.3 is 10.1 Å². The lowest BCUT2D eigenvalue weighted by atomic mass is 10.1. The molecule has 2 rings (SSSR count). The predicted molar refractivity (Wildman–Crippen MR) is 76.6 cm³/mol. The van der Waals surface area contributed by atoms with E-state index in [4.69, 9.17) is 16.3 Å². The van der Waals surface area contributed by atoms with Crippen molar-refractivity contribution in [2.24, 2.45) is 5.92 Å². The number of esters is 1. The van der Waals surface area contributed by atoms with Crippen molar-refractivity contribution in [3.8, 4) is 0 Å². The molecule has 1 fully saturated rings. The fourth-order valence-electron chi connectivity index (χ4n) is 2.32. The highest BCUT2D eigenvalue weighted by Gasteiger charge is 2.29. The number of anilines is 1. The molecule has 0 saturated carbocycles. The zero-order chi connectivity index (χ0) is 15.4. The van der Waals surface area contributed by atoms with Gasteiger partial charge in [-0.1, -0.05) is 11.6 Å². The second-order valence-corrected chi connectivity index (χ2v) is 5.32. The number of hydrogen-bond acceptors (Lipinski definition) is 4. The van der Waals surface area contributed by atoms with E-state index in [1.54, 1.807) is 0 Å². The molecule has 0 aromatic heterocycles. The van der Waals surface area contributed by atoms with Crippen LogP contribution in [-0.2, 0) is 14.3 Å². The summed E-state index contributed by atoms with van der Waals surface area (Å²) >= 11 is 5.84. The van der Waals surface area contributed by atoms with Crippen molar-refractivity contribution in [2.45, 2.75) is 6.42 Å². The molecule has 1 saturated heterocycles. The number of benzene rings is 1. The first-order valence-electron chi connectivity index (χ1n) is 6.54. The fraction of sp³-hybridized carbons (Fsp3) is 0.429. The minimum Gasteiger partial charge on any atom is -0.469 e. The monoisotopic (exact) mass is 314 g/mol. The Morgan fingerprint density at radius 2 is 2.29 bits per heavy atom. The van der Waals surface area contributed by atoms with Crippen LogP contribution in [0.2, 0.25) is 5.02 Å². The molecule has 1 aromatic rings. The first-order chi connectivity index (χ1) is 9.99. The Kier molecular flexibility index (Phi) is 5.14. The summed E-state index contributed by atoms with van der Waals surface area (Å²) in [7, 11) is 1.36. The van der Waals surface area contributed by atoms with Gasteiger partial charge in [0.2, 0.25) is 5.91 Å². The second kappa shape index (κ2) is 6.87. The summed E-state index contributed by atoms with van der Waals surface area (Å²) in [5.74, 6) is -1.15. The maximum Gasteiger partial charge on any atom is 0.310 e. The number of rotatable bonds is 4. The van der Waals surface area contributed by atoms with Crippen LogP contribution in [0.4, 0.5) is 10.1 Å². The van der Waals surface area contributed by atoms with Crippen molar-refractivity contribution >= 4 is 29.2 Å². The minimum atomic E-state index is -0.460. The van der Waals surface area contributed by atoms with Crippen molar-refractivity contribution in [3.63, 3.8) is 0 Å². The van der Waals surface area contributed by atoms with Crippen molar-refractivity contribution in [2.75, 3.05) is 32.1 Å². The summed E-state index contributed by atoms with van der Waals surface area (Å²) in [6.07, 6.45) is 0.678. The van der Waals surface area contributed by atoms with Crippen LogP contribution >= 0.6 is 11.6 Å². The van der Waals surface area contributed by atoms with E-state index in [9.17, 15) is 14.0 Å². The van der Waals surface area contributed by atoms with Gasteiger partial charge in [-0.2, -0.15) is 0 Å². The first-order valence-corrected chi connectivity index (χ1v) is 6.92. The number of nitrogens with zero attached hydrogens (tertiary/aromatic N) is 1. The Balaban J connectivity index is 1.87. The molecular weight excluding hydrogens is 299 g/mol. The second-order valence-electron chi connectivity index (χ2n) is 4.92. The number of carbonyl (C=O) groups is 2. The molecule has 0 aliphatic carbocycles. The van der Waals surface area contributed by atoms with Crippen LogP contribution < -0.4 is 5.32 Å². The van der Waals surface area contributed by atoms with E-state index in [2.05, 4.69) is 5.32 Å². The maximum absolute atomic E-state index is 12.9. The van der Waals surface area contributed by atoms with Crippen molar-refractivity contribution in [1.29, 1.82) is 0 Å². The summed E-state index contributed by atoms with van der Waals surface area (Å²) in [5, 5.41) is 2.78. The molecule has 1 aromatic carbocycles. The van der Waals surface area contributed by atoms with Gasteiger partial charge in [-0.05, 0) is 31.2 Å². The molecule has 1 atom stereocenters. The SMILES string of the molecule is COC(=O)C1CCN(CC(=O)Nc2ccc(F)cc2Cl)C1. The lowest BCUT2D eigenvalue weighted by molar-refractivity contribution is -0.145. The summed E-state index contributed by atoms with van der Waals surface area (Å²) in [5.41, 5.74) is 0.367. The summed E-state index contributed by atoms with van der Waals surface area (Å²) in [6, 6.07) is 3.78. The van der Waals surface area contributed by atoms with Gasteiger partial charge in [-0.3, -0.25) is 14.5 Å². The zero-order valence-electron chi connectivity index (χ0n) is 11.6. The molecule has 1 aliphatic rings. The van der Waals surface area contributed by atoms with E-state index in [0.29, 0.717) is 25.2 Å². The van der Waals surface area contributed by atoms with Gasteiger partial charge in [0.15, 0.2) is 0 Å². The van der Waals surface area contributed by atoms with E-state index in [0.717, 1.165) is 6.07 Å². The van der Waals surface area contributed by atoms with Gasteiger partial charge in [0, 0.05) is 6.54 Å². The summed E-state index contributed by atoms with van der Waals surface area (Å²) in [4.78, 5) is 25.2.